The number of hydrogen-bond donors (Lipinski definition) is 2. The smallest absolute Gasteiger partial charge is 0.188 e. The van der Waals surface area contributed by atoms with Crippen LogP contribution in [0, 0.1) is 0 Å². The summed E-state index contributed by atoms with van der Waals surface area (Å²) in [5.41, 5.74) is 7.16. The van der Waals surface area contributed by atoms with Gasteiger partial charge in [-0.15, -0.1) is 24.0 Å². The summed E-state index contributed by atoms with van der Waals surface area (Å²) >= 11 is 0. The zero-order valence-electron chi connectivity index (χ0n) is 15.2. The molecule has 1 aliphatic heterocycles. The molecule has 0 saturated heterocycles. The van der Waals surface area contributed by atoms with E-state index < -0.39 is 0 Å². The minimum atomic E-state index is -0.116. The van der Waals surface area contributed by atoms with Crippen LogP contribution in [-0.2, 0) is 5.41 Å². The lowest BCUT2D eigenvalue weighted by Gasteiger charge is -2.27. The number of aliphatic imine (C=N–C) groups is 1. The van der Waals surface area contributed by atoms with Gasteiger partial charge in [0.2, 0.25) is 0 Å². The van der Waals surface area contributed by atoms with Gasteiger partial charge in [-0.25, -0.2) is 0 Å². The van der Waals surface area contributed by atoms with Crippen molar-refractivity contribution in [3.05, 3.63) is 23.8 Å². The number of fused-ring (bicyclic) bond motifs is 1. The van der Waals surface area contributed by atoms with E-state index >= 15 is 0 Å². The zero-order chi connectivity index (χ0) is 17.0. The normalized spacial score (nSPS) is 18.4. The van der Waals surface area contributed by atoms with E-state index in [9.17, 15) is 0 Å². The van der Waals surface area contributed by atoms with Crippen LogP contribution in [0.15, 0.2) is 23.2 Å². The lowest BCUT2D eigenvalue weighted by Crippen LogP contribution is -2.41. The number of rotatable bonds is 4. The Morgan fingerprint density at radius 1 is 1.16 bits per heavy atom. The van der Waals surface area contributed by atoms with E-state index in [1.54, 1.807) is 0 Å². The highest BCUT2D eigenvalue weighted by molar-refractivity contribution is 14.0. The van der Waals surface area contributed by atoms with Crippen LogP contribution < -0.4 is 20.5 Å². The van der Waals surface area contributed by atoms with Gasteiger partial charge >= 0.3 is 0 Å². The Labute approximate surface area is 167 Å². The highest BCUT2D eigenvalue weighted by Crippen LogP contribution is 2.35. The third kappa shape index (κ3) is 5.39. The lowest BCUT2D eigenvalue weighted by atomic mass is 9.84. The van der Waals surface area contributed by atoms with E-state index in [-0.39, 0.29) is 29.4 Å². The van der Waals surface area contributed by atoms with Crippen LogP contribution in [-0.4, -0.2) is 31.8 Å². The second-order valence-corrected chi connectivity index (χ2v) is 7.42. The Morgan fingerprint density at radius 3 is 2.56 bits per heavy atom. The number of hydrogen-bond acceptors (Lipinski definition) is 3. The fourth-order valence-corrected chi connectivity index (χ4v) is 3.34. The van der Waals surface area contributed by atoms with Crippen molar-refractivity contribution in [2.45, 2.75) is 57.4 Å². The van der Waals surface area contributed by atoms with Crippen molar-refractivity contribution in [1.82, 2.24) is 5.32 Å². The van der Waals surface area contributed by atoms with Gasteiger partial charge in [0.1, 0.15) is 13.2 Å². The first-order valence-electron chi connectivity index (χ1n) is 9.01. The highest BCUT2D eigenvalue weighted by Gasteiger charge is 2.23. The molecule has 0 unspecified atom stereocenters. The topological polar surface area (TPSA) is 68.9 Å². The first-order chi connectivity index (χ1) is 11.5. The summed E-state index contributed by atoms with van der Waals surface area (Å²) in [6.07, 6.45) is 6.30. The van der Waals surface area contributed by atoms with Crippen LogP contribution in [0.2, 0.25) is 0 Å². The van der Waals surface area contributed by atoms with E-state index in [4.69, 9.17) is 15.2 Å². The molecular weight excluding hydrogens is 429 g/mol. The molecule has 1 fully saturated rings. The molecule has 5 nitrogen and oxygen atoms in total. The number of nitrogens with two attached hydrogens (primary N) is 1. The van der Waals surface area contributed by atoms with Gasteiger partial charge in [-0.1, -0.05) is 39.2 Å². The zero-order valence-corrected chi connectivity index (χ0v) is 17.5. The molecule has 1 aromatic carbocycles. The van der Waals surface area contributed by atoms with Crippen LogP contribution >= 0.6 is 24.0 Å². The van der Waals surface area contributed by atoms with E-state index in [1.807, 2.05) is 6.07 Å². The summed E-state index contributed by atoms with van der Waals surface area (Å²) in [6, 6.07) is 6.63. The number of ether oxygens (including phenoxy) is 2. The Hall–Kier alpha value is -1.18. The van der Waals surface area contributed by atoms with Gasteiger partial charge in [-0.2, -0.15) is 0 Å². The minimum Gasteiger partial charge on any atom is -0.486 e. The summed E-state index contributed by atoms with van der Waals surface area (Å²) < 4.78 is 11.3. The predicted octanol–water partition coefficient (Wildman–Crippen LogP) is 3.59. The van der Waals surface area contributed by atoms with Crippen LogP contribution in [0.3, 0.4) is 0 Å². The van der Waals surface area contributed by atoms with E-state index in [2.05, 4.69) is 36.3 Å². The Balaban J connectivity index is 0.00000225. The van der Waals surface area contributed by atoms with Gasteiger partial charge in [-0.3, -0.25) is 4.99 Å². The Bertz CT molecular complexity index is 598. The van der Waals surface area contributed by atoms with Crippen LogP contribution in [0.4, 0.5) is 0 Å². The van der Waals surface area contributed by atoms with E-state index in [0.717, 1.165) is 11.5 Å². The first kappa shape index (κ1) is 20.1. The van der Waals surface area contributed by atoms with Gasteiger partial charge in [-0.05, 0) is 30.5 Å². The van der Waals surface area contributed by atoms with Gasteiger partial charge in [0.05, 0.1) is 6.54 Å². The Morgan fingerprint density at radius 2 is 1.84 bits per heavy atom. The van der Waals surface area contributed by atoms with Crippen LogP contribution in [0.5, 0.6) is 11.5 Å². The van der Waals surface area contributed by atoms with Crippen LogP contribution in [0.25, 0.3) is 0 Å². The summed E-state index contributed by atoms with van der Waals surface area (Å²) in [4.78, 5) is 4.59. The van der Waals surface area contributed by atoms with Gasteiger partial charge in [0.15, 0.2) is 17.5 Å². The van der Waals surface area contributed by atoms with Gasteiger partial charge in [0.25, 0.3) is 0 Å². The van der Waals surface area contributed by atoms with Gasteiger partial charge in [0, 0.05) is 11.5 Å². The van der Waals surface area contributed by atoms with E-state index in [1.165, 1.54) is 37.7 Å². The second kappa shape index (κ2) is 8.96. The Kier molecular flexibility index (Phi) is 7.22. The van der Waals surface area contributed by atoms with Crippen molar-refractivity contribution in [2.24, 2.45) is 10.7 Å². The summed E-state index contributed by atoms with van der Waals surface area (Å²) in [6.45, 7) is 6.21. The first-order valence-corrected chi connectivity index (χ1v) is 9.01. The monoisotopic (exact) mass is 459 g/mol. The largest absolute Gasteiger partial charge is 0.486 e. The molecule has 1 aliphatic carbocycles. The molecule has 0 bridgehead atoms. The summed E-state index contributed by atoms with van der Waals surface area (Å²) in [7, 11) is 0. The van der Waals surface area contributed by atoms with E-state index in [0.29, 0.717) is 31.8 Å². The van der Waals surface area contributed by atoms with Crippen LogP contribution in [0.1, 0.15) is 51.5 Å². The summed E-state index contributed by atoms with van der Waals surface area (Å²) in [5, 5.41) is 3.38. The van der Waals surface area contributed by atoms with Crippen molar-refractivity contribution in [3.63, 3.8) is 0 Å². The standard InChI is InChI=1S/C19H29N3O2.HI/c1-19(2,13-21-18(20)22-15-6-4-3-5-7-15)14-8-9-16-17(12-14)24-11-10-23-16;/h8-9,12,15H,3-7,10-11,13H2,1-2H3,(H3,20,21,22);1H. The second-order valence-electron chi connectivity index (χ2n) is 7.42. The summed E-state index contributed by atoms with van der Waals surface area (Å²) in [5.74, 6) is 2.21. The maximum Gasteiger partial charge on any atom is 0.188 e. The van der Waals surface area contributed by atoms with Crippen molar-refractivity contribution in [1.29, 1.82) is 0 Å². The number of nitrogens with one attached hydrogen (secondary N) is 1. The molecule has 1 aromatic rings. The SMILES string of the molecule is CC(C)(CN=C(N)NC1CCCCC1)c1ccc2c(c1)OCCO2.I. The van der Waals surface area contributed by atoms with Crippen molar-refractivity contribution in [3.8, 4) is 11.5 Å². The predicted molar refractivity (Wildman–Crippen MR) is 112 cm³/mol. The average molecular weight is 459 g/mol. The molecule has 6 heteroatoms. The molecule has 1 saturated carbocycles. The van der Waals surface area contributed by atoms with Gasteiger partial charge < -0.3 is 20.5 Å². The maximum atomic E-state index is 6.09. The molecule has 25 heavy (non-hydrogen) atoms. The molecule has 0 atom stereocenters. The van der Waals surface area contributed by atoms with Crippen molar-refractivity contribution < 1.29 is 9.47 Å². The number of halogens is 1. The molecule has 0 radical (unpaired) electrons. The number of nitrogens with zero attached hydrogens (tertiary/aromatic N) is 1. The fourth-order valence-electron chi connectivity index (χ4n) is 3.34. The molecule has 1 heterocycles. The third-order valence-corrected chi connectivity index (χ3v) is 4.93. The molecule has 0 aromatic heterocycles. The molecule has 3 rings (SSSR count). The fraction of sp³-hybridized carbons (Fsp3) is 0.632. The third-order valence-electron chi connectivity index (χ3n) is 4.93. The van der Waals surface area contributed by atoms with Crippen molar-refractivity contribution >= 4 is 29.9 Å². The number of guanidine groups is 1. The molecule has 2 aliphatic rings. The molecule has 3 N–H and O–H groups in total. The molecule has 0 spiro atoms. The number of benzene rings is 1. The lowest BCUT2D eigenvalue weighted by molar-refractivity contribution is 0.171. The maximum absolute atomic E-state index is 6.09. The van der Waals surface area contributed by atoms with Crippen molar-refractivity contribution in [2.75, 3.05) is 19.8 Å². The minimum absolute atomic E-state index is 0. The quantitative estimate of drug-likeness (QED) is 0.410. The molecule has 140 valence electrons. The highest BCUT2D eigenvalue weighted by atomic mass is 127. The average Bonchev–Trinajstić information content (AvgIpc) is 2.60. The molecule has 0 amide bonds. The molecular formula is C19H30IN3O2.